The molecule has 2 unspecified atom stereocenters. The van der Waals surface area contributed by atoms with Crippen LogP contribution >= 0.6 is 0 Å². The lowest BCUT2D eigenvalue weighted by atomic mass is 9.48. The lowest BCUT2D eigenvalue weighted by Crippen LogP contribution is -2.54. The minimum atomic E-state index is -0.742. The van der Waals surface area contributed by atoms with Crippen molar-refractivity contribution in [2.75, 3.05) is 47.0 Å². The summed E-state index contributed by atoms with van der Waals surface area (Å²) in [5.74, 6) is 0.675. The van der Waals surface area contributed by atoms with Crippen molar-refractivity contribution in [2.24, 2.45) is 33.0 Å². The van der Waals surface area contributed by atoms with Gasteiger partial charge in [0.25, 0.3) is 5.69 Å². The van der Waals surface area contributed by atoms with E-state index >= 15 is 0 Å². The molecule has 9 heteroatoms. The van der Waals surface area contributed by atoms with Gasteiger partial charge in [0.05, 0.1) is 30.3 Å². The highest BCUT2D eigenvalue weighted by atomic mass is 16.7. The molecule has 0 saturated carbocycles. The predicted molar refractivity (Wildman–Crippen MR) is 177 cm³/mol. The summed E-state index contributed by atoms with van der Waals surface area (Å²) in [6.07, 6.45) is 1.87. The summed E-state index contributed by atoms with van der Waals surface area (Å²) in [7, 11) is 3.71. The molecular formula is C35H61N3O6. The molecule has 44 heavy (non-hydrogen) atoms. The standard InChI is InChI=1S/C35H61N3O6/c1-31(2,3)23-35(11,34(9,10)33(7,8)22-27(32(4,5)6)29(39)37(12)13)24-36-17-14-18-42-25-15-16-28(38(40)41)26(21-25)30-43-19-20-44-30/h15-16,21,27,30,36H,14,17-20,22-24H2,1-13H3. The predicted octanol–water partition coefficient (Wildman–Crippen LogP) is 7.63. The van der Waals surface area contributed by atoms with E-state index in [1.54, 1.807) is 17.0 Å². The van der Waals surface area contributed by atoms with Gasteiger partial charge in [0.15, 0.2) is 6.29 Å². The fourth-order valence-electron chi connectivity index (χ4n) is 6.60. The van der Waals surface area contributed by atoms with Crippen LogP contribution in [-0.2, 0) is 14.3 Å². The van der Waals surface area contributed by atoms with Crippen LogP contribution in [-0.4, -0.2) is 62.7 Å². The van der Waals surface area contributed by atoms with E-state index in [-0.39, 0.29) is 44.6 Å². The molecule has 1 fully saturated rings. The van der Waals surface area contributed by atoms with Crippen LogP contribution in [0.2, 0.25) is 0 Å². The Labute approximate surface area is 266 Å². The van der Waals surface area contributed by atoms with Crippen molar-refractivity contribution in [1.82, 2.24) is 10.2 Å². The molecule has 1 aliphatic rings. The van der Waals surface area contributed by atoms with Crippen LogP contribution in [0.5, 0.6) is 5.75 Å². The number of ether oxygens (including phenoxy) is 3. The second-order valence-electron chi connectivity index (χ2n) is 16.6. The van der Waals surface area contributed by atoms with Crippen LogP contribution < -0.4 is 10.1 Å². The third-order valence-corrected chi connectivity index (χ3v) is 9.97. The first-order chi connectivity index (χ1) is 20.0. The highest BCUT2D eigenvalue weighted by Crippen LogP contribution is 2.58. The Kier molecular flexibility index (Phi) is 12.5. The molecule has 0 spiro atoms. The number of hydrogen-bond donors (Lipinski definition) is 1. The van der Waals surface area contributed by atoms with Crippen molar-refractivity contribution in [3.63, 3.8) is 0 Å². The molecule has 1 aromatic rings. The quantitative estimate of drug-likeness (QED) is 0.122. The SMILES string of the molecule is CN(C)C(=O)C(CC(C)(C)C(C)(C)C(C)(CNCCCOc1ccc([N+](=O)[O-])c(C2OCCO2)c1)CC(C)(C)C)C(C)(C)C. The van der Waals surface area contributed by atoms with Crippen molar-refractivity contribution in [1.29, 1.82) is 0 Å². The number of nitrogens with zero attached hydrogens (tertiary/aromatic N) is 2. The lowest BCUT2D eigenvalue weighted by molar-refractivity contribution is -0.386. The molecule has 0 aliphatic carbocycles. The minimum Gasteiger partial charge on any atom is -0.494 e. The van der Waals surface area contributed by atoms with E-state index in [4.69, 9.17) is 14.2 Å². The van der Waals surface area contributed by atoms with Gasteiger partial charge in [0.2, 0.25) is 5.91 Å². The van der Waals surface area contributed by atoms with Crippen LogP contribution in [0, 0.1) is 43.1 Å². The molecule has 1 aromatic carbocycles. The van der Waals surface area contributed by atoms with Gasteiger partial charge in [-0.3, -0.25) is 14.9 Å². The maximum atomic E-state index is 13.3. The highest BCUT2D eigenvalue weighted by Gasteiger charge is 2.53. The Morgan fingerprint density at radius 1 is 1.05 bits per heavy atom. The Morgan fingerprint density at radius 2 is 1.64 bits per heavy atom. The molecule has 0 radical (unpaired) electrons. The average Bonchev–Trinajstić information content (AvgIpc) is 3.42. The largest absolute Gasteiger partial charge is 0.494 e. The Hall–Kier alpha value is -2.23. The third-order valence-electron chi connectivity index (χ3n) is 9.97. The second-order valence-corrected chi connectivity index (χ2v) is 16.6. The fraction of sp³-hybridized carbons (Fsp3) is 0.800. The van der Waals surface area contributed by atoms with Gasteiger partial charge in [-0.25, -0.2) is 0 Å². The van der Waals surface area contributed by atoms with Gasteiger partial charge < -0.3 is 24.4 Å². The molecule has 2 atom stereocenters. The molecule has 1 amide bonds. The fourth-order valence-corrected chi connectivity index (χ4v) is 6.60. The number of benzene rings is 1. The number of rotatable bonds is 15. The van der Waals surface area contributed by atoms with Crippen LogP contribution in [0.15, 0.2) is 18.2 Å². The maximum absolute atomic E-state index is 13.3. The average molecular weight is 620 g/mol. The third kappa shape index (κ3) is 9.63. The zero-order chi connectivity index (χ0) is 33.7. The summed E-state index contributed by atoms with van der Waals surface area (Å²) in [5.41, 5.74) is 0.0361. The summed E-state index contributed by atoms with van der Waals surface area (Å²) < 4.78 is 17.0. The van der Waals surface area contributed by atoms with Crippen molar-refractivity contribution in [2.45, 2.75) is 102 Å². The van der Waals surface area contributed by atoms with E-state index in [9.17, 15) is 14.9 Å². The Bertz CT molecular complexity index is 1110. The van der Waals surface area contributed by atoms with Gasteiger partial charge in [-0.05, 0) is 65.0 Å². The maximum Gasteiger partial charge on any atom is 0.277 e. The van der Waals surface area contributed by atoms with Gasteiger partial charge in [-0.1, -0.05) is 76.2 Å². The van der Waals surface area contributed by atoms with Crippen molar-refractivity contribution < 1.29 is 23.9 Å². The van der Waals surface area contributed by atoms with Crippen LogP contribution in [0.4, 0.5) is 5.69 Å². The highest BCUT2D eigenvalue weighted by molar-refractivity contribution is 5.79. The minimum absolute atomic E-state index is 0.0329. The summed E-state index contributed by atoms with van der Waals surface area (Å²) in [5, 5.41) is 15.2. The summed E-state index contributed by atoms with van der Waals surface area (Å²) in [6.45, 7) is 28.2. The van der Waals surface area contributed by atoms with Gasteiger partial charge in [0, 0.05) is 32.6 Å². The number of nitrogens with one attached hydrogen (secondary N) is 1. The molecular weight excluding hydrogens is 558 g/mol. The smallest absolute Gasteiger partial charge is 0.277 e. The molecule has 0 bridgehead atoms. The molecule has 1 N–H and O–H groups in total. The Morgan fingerprint density at radius 3 is 2.14 bits per heavy atom. The molecule has 1 heterocycles. The van der Waals surface area contributed by atoms with E-state index in [2.05, 4.69) is 81.5 Å². The number of nitro groups is 1. The number of carbonyl (C=O) groups is 1. The summed E-state index contributed by atoms with van der Waals surface area (Å²) in [6, 6.07) is 4.73. The monoisotopic (exact) mass is 619 g/mol. The van der Waals surface area contributed by atoms with Crippen LogP contribution in [0.3, 0.4) is 0 Å². The van der Waals surface area contributed by atoms with E-state index in [0.29, 0.717) is 31.1 Å². The molecule has 0 aromatic heterocycles. The number of carbonyl (C=O) groups excluding carboxylic acids is 1. The molecule has 1 aliphatic heterocycles. The van der Waals surface area contributed by atoms with Gasteiger partial charge in [-0.2, -0.15) is 0 Å². The molecule has 2 rings (SSSR count). The first-order valence-corrected chi connectivity index (χ1v) is 16.1. The number of nitro benzene ring substituents is 1. The molecule has 252 valence electrons. The zero-order valence-electron chi connectivity index (χ0n) is 29.9. The van der Waals surface area contributed by atoms with Gasteiger partial charge in [0.1, 0.15) is 5.75 Å². The van der Waals surface area contributed by atoms with Crippen molar-refractivity contribution >= 4 is 11.6 Å². The summed E-state index contributed by atoms with van der Waals surface area (Å²) >= 11 is 0. The van der Waals surface area contributed by atoms with Crippen molar-refractivity contribution in [3.05, 3.63) is 33.9 Å². The lowest BCUT2D eigenvalue weighted by Gasteiger charge is -2.57. The van der Waals surface area contributed by atoms with E-state index in [1.807, 2.05) is 14.1 Å². The summed E-state index contributed by atoms with van der Waals surface area (Å²) in [4.78, 5) is 26.2. The van der Waals surface area contributed by atoms with Crippen LogP contribution in [0.25, 0.3) is 0 Å². The zero-order valence-corrected chi connectivity index (χ0v) is 29.9. The number of hydrogen-bond acceptors (Lipinski definition) is 7. The van der Waals surface area contributed by atoms with Gasteiger partial charge in [-0.15, -0.1) is 0 Å². The van der Waals surface area contributed by atoms with E-state index < -0.39 is 11.2 Å². The molecule has 9 nitrogen and oxygen atoms in total. The first kappa shape index (κ1) is 38.0. The first-order valence-electron chi connectivity index (χ1n) is 16.1. The van der Waals surface area contributed by atoms with Gasteiger partial charge >= 0.3 is 0 Å². The van der Waals surface area contributed by atoms with E-state index in [0.717, 1.165) is 32.4 Å². The molecule has 1 saturated heterocycles. The van der Waals surface area contributed by atoms with Crippen molar-refractivity contribution in [3.8, 4) is 5.75 Å². The normalized spacial score (nSPS) is 17.3. The van der Waals surface area contributed by atoms with E-state index in [1.165, 1.54) is 6.07 Å². The number of amides is 1. The topological polar surface area (TPSA) is 103 Å². The Balaban J connectivity index is 2.11. The second kappa shape index (κ2) is 14.5. The van der Waals surface area contributed by atoms with Crippen LogP contribution in [0.1, 0.15) is 107 Å².